The first kappa shape index (κ1) is 19.9. The van der Waals surface area contributed by atoms with E-state index in [1.165, 1.54) is 16.8 Å². The molecule has 0 unspecified atom stereocenters. The van der Waals surface area contributed by atoms with Gasteiger partial charge in [-0.05, 0) is 64.2 Å². The molecule has 0 radical (unpaired) electrons. The van der Waals surface area contributed by atoms with Crippen molar-refractivity contribution < 1.29 is 9.59 Å². The summed E-state index contributed by atoms with van der Waals surface area (Å²) in [4.78, 5) is 25.8. The van der Waals surface area contributed by atoms with Crippen LogP contribution in [-0.4, -0.2) is 40.6 Å². The molecule has 0 saturated carbocycles. The second-order valence-electron chi connectivity index (χ2n) is 7.45. The molecule has 1 fully saturated rings. The zero-order valence-corrected chi connectivity index (χ0v) is 17.1. The van der Waals surface area contributed by atoms with Gasteiger partial charge in [0.1, 0.15) is 0 Å². The maximum absolute atomic E-state index is 12.2. The lowest BCUT2D eigenvalue weighted by Gasteiger charge is -2.25. The second-order valence-corrected chi connectivity index (χ2v) is 7.45. The number of amides is 2. The molecule has 1 aliphatic rings. The van der Waals surface area contributed by atoms with E-state index in [2.05, 4.69) is 54.1 Å². The largest absolute Gasteiger partial charge is 0.334 e. The molecule has 0 spiro atoms. The Hall–Kier alpha value is -2.89. The third-order valence-corrected chi connectivity index (χ3v) is 5.34. The fourth-order valence-corrected chi connectivity index (χ4v) is 3.87. The van der Waals surface area contributed by atoms with Crippen molar-refractivity contribution in [2.75, 3.05) is 13.1 Å². The molecule has 0 aliphatic carbocycles. The third kappa shape index (κ3) is 4.01. The molecule has 1 saturated heterocycles. The van der Waals surface area contributed by atoms with E-state index in [0.29, 0.717) is 13.1 Å². The number of para-hydroxylation sites is 1. The Bertz CT molecular complexity index is 901. The van der Waals surface area contributed by atoms with Gasteiger partial charge in [-0.1, -0.05) is 18.2 Å². The van der Waals surface area contributed by atoms with Crippen LogP contribution in [0.15, 0.2) is 29.4 Å². The predicted molar refractivity (Wildman–Crippen MR) is 111 cm³/mol. The number of rotatable bonds is 3. The quantitative estimate of drug-likeness (QED) is 0.505. The van der Waals surface area contributed by atoms with Crippen LogP contribution in [0.4, 0.5) is 0 Å². The molecule has 2 amide bonds. The zero-order valence-electron chi connectivity index (χ0n) is 17.1. The predicted octanol–water partition coefficient (Wildman–Crippen LogP) is 3.17. The van der Waals surface area contributed by atoms with Crippen LogP contribution < -0.4 is 5.43 Å². The van der Waals surface area contributed by atoms with Gasteiger partial charge in [0, 0.05) is 30.0 Å². The van der Waals surface area contributed by atoms with Crippen LogP contribution in [0, 0.1) is 27.7 Å². The highest BCUT2D eigenvalue weighted by atomic mass is 16.2. The number of aryl methyl sites for hydroxylation is 3. The number of hydrogen-bond donors (Lipinski definition) is 1. The van der Waals surface area contributed by atoms with Gasteiger partial charge in [0.25, 0.3) is 0 Å². The first-order valence-electron chi connectivity index (χ1n) is 9.78. The Labute approximate surface area is 166 Å². The van der Waals surface area contributed by atoms with Crippen LogP contribution in [0.5, 0.6) is 0 Å². The third-order valence-electron chi connectivity index (χ3n) is 5.34. The summed E-state index contributed by atoms with van der Waals surface area (Å²) >= 11 is 0. The molecule has 2 heterocycles. The van der Waals surface area contributed by atoms with Crippen molar-refractivity contribution in [3.05, 3.63) is 52.3 Å². The van der Waals surface area contributed by atoms with E-state index >= 15 is 0 Å². The minimum Gasteiger partial charge on any atom is -0.334 e. The van der Waals surface area contributed by atoms with Crippen LogP contribution in [0.2, 0.25) is 0 Å². The highest BCUT2D eigenvalue weighted by Crippen LogP contribution is 2.25. The van der Waals surface area contributed by atoms with Gasteiger partial charge < -0.3 is 9.47 Å². The summed E-state index contributed by atoms with van der Waals surface area (Å²) in [5.41, 5.74) is 8.98. The summed E-state index contributed by atoms with van der Waals surface area (Å²) in [5.74, 6) is -1.18. The molecule has 2 aromatic rings. The molecule has 1 aromatic carbocycles. The minimum absolute atomic E-state index is 0.502. The van der Waals surface area contributed by atoms with Gasteiger partial charge in [-0.3, -0.25) is 9.59 Å². The summed E-state index contributed by atoms with van der Waals surface area (Å²) in [6, 6.07) is 8.28. The molecule has 3 rings (SSSR count). The van der Waals surface area contributed by atoms with E-state index < -0.39 is 11.8 Å². The maximum atomic E-state index is 12.2. The number of likely N-dealkylation sites (tertiary alicyclic amines) is 1. The molecular weight excluding hydrogens is 352 g/mol. The zero-order chi connectivity index (χ0) is 20.3. The van der Waals surface area contributed by atoms with Gasteiger partial charge in [-0.15, -0.1) is 0 Å². The van der Waals surface area contributed by atoms with Crippen LogP contribution in [-0.2, 0) is 9.59 Å². The number of aromatic nitrogens is 1. The van der Waals surface area contributed by atoms with Gasteiger partial charge in [0.05, 0.1) is 11.9 Å². The van der Waals surface area contributed by atoms with E-state index in [9.17, 15) is 9.59 Å². The highest BCUT2D eigenvalue weighted by molar-refractivity contribution is 6.35. The first-order chi connectivity index (χ1) is 13.4. The van der Waals surface area contributed by atoms with Crippen molar-refractivity contribution in [2.45, 2.75) is 47.0 Å². The number of hydrogen-bond acceptors (Lipinski definition) is 3. The second kappa shape index (κ2) is 8.42. The smallest absolute Gasteiger partial charge is 0.329 e. The molecule has 28 heavy (non-hydrogen) atoms. The normalized spacial score (nSPS) is 14.5. The average Bonchev–Trinajstić information content (AvgIpc) is 2.96. The van der Waals surface area contributed by atoms with Gasteiger partial charge in [-0.2, -0.15) is 5.10 Å². The maximum Gasteiger partial charge on any atom is 0.329 e. The summed E-state index contributed by atoms with van der Waals surface area (Å²) in [6.45, 7) is 9.57. The van der Waals surface area contributed by atoms with E-state index in [1.54, 1.807) is 11.1 Å². The first-order valence-corrected chi connectivity index (χ1v) is 9.78. The molecule has 148 valence electrons. The van der Waals surface area contributed by atoms with Gasteiger partial charge >= 0.3 is 11.8 Å². The van der Waals surface area contributed by atoms with E-state index in [0.717, 1.165) is 36.2 Å². The standard InChI is InChI=1S/C22H28N4O2/c1-15-9-8-10-16(2)20(15)26-17(3)13-19(18(26)4)14-23-24-21(27)22(28)25-11-6-5-7-12-25/h8-10,13-14H,5-7,11-12H2,1-4H3,(H,24,27)/b23-14-. The molecule has 0 bridgehead atoms. The Morgan fingerprint density at radius 1 is 1.04 bits per heavy atom. The van der Waals surface area contributed by atoms with Crippen molar-refractivity contribution in [1.29, 1.82) is 0 Å². The molecule has 6 heteroatoms. The number of carbonyl (C=O) groups is 2. The highest BCUT2D eigenvalue weighted by Gasteiger charge is 2.23. The molecule has 6 nitrogen and oxygen atoms in total. The molecule has 0 atom stereocenters. The van der Waals surface area contributed by atoms with Gasteiger partial charge in [0.2, 0.25) is 0 Å². The molecule has 1 aliphatic heterocycles. The Balaban J connectivity index is 1.75. The van der Waals surface area contributed by atoms with E-state index in [-0.39, 0.29) is 0 Å². The number of nitrogens with zero attached hydrogens (tertiary/aromatic N) is 3. The lowest BCUT2D eigenvalue weighted by atomic mass is 10.1. The molecular formula is C22H28N4O2. The van der Waals surface area contributed by atoms with Crippen molar-refractivity contribution in [1.82, 2.24) is 14.9 Å². The monoisotopic (exact) mass is 380 g/mol. The van der Waals surface area contributed by atoms with Crippen molar-refractivity contribution in [3.8, 4) is 5.69 Å². The summed E-state index contributed by atoms with van der Waals surface area (Å²) in [7, 11) is 0. The summed E-state index contributed by atoms with van der Waals surface area (Å²) < 4.78 is 2.20. The number of carbonyl (C=O) groups excluding carboxylic acids is 2. The topological polar surface area (TPSA) is 66.7 Å². The van der Waals surface area contributed by atoms with Gasteiger partial charge in [0.15, 0.2) is 0 Å². The van der Waals surface area contributed by atoms with Gasteiger partial charge in [-0.25, -0.2) is 5.43 Å². The summed E-state index contributed by atoms with van der Waals surface area (Å²) in [5, 5.41) is 4.03. The van der Waals surface area contributed by atoms with Crippen LogP contribution in [0.1, 0.15) is 47.3 Å². The fraction of sp³-hybridized carbons (Fsp3) is 0.409. The SMILES string of the molecule is Cc1cccc(C)c1-n1c(C)cc(/C=N\NC(=O)C(=O)N2CCCCC2)c1C. The average molecular weight is 380 g/mol. The number of benzene rings is 1. The van der Waals surface area contributed by atoms with Crippen molar-refractivity contribution in [3.63, 3.8) is 0 Å². The number of hydrazone groups is 1. The minimum atomic E-state index is -0.679. The Morgan fingerprint density at radius 3 is 2.32 bits per heavy atom. The summed E-state index contributed by atoms with van der Waals surface area (Å²) in [6.07, 6.45) is 4.62. The van der Waals surface area contributed by atoms with Crippen LogP contribution in [0.25, 0.3) is 5.69 Å². The Morgan fingerprint density at radius 2 is 1.68 bits per heavy atom. The fourth-order valence-electron chi connectivity index (χ4n) is 3.87. The number of nitrogens with one attached hydrogen (secondary N) is 1. The molecule has 1 aromatic heterocycles. The van der Waals surface area contributed by atoms with E-state index in [1.807, 2.05) is 13.0 Å². The molecule has 1 N–H and O–H groups in total. The Kier molecular flexibility index (Phi) is 5.97. The van der Waals surface area contributed by atoms with Crippen molar-refractivity contribution in [2.24, 2.45) is 5.10 Å². The number of piperidine rings is 1. The van der Waals surface area contributed by atoms with Crippen LogP contribution in [0.3, 0.4) is 0 Å². The lowest BCUT2D eigenvalue weighted by molar-refractivity contribution is -0.146. The van der Waals surface area contributed by atoms with Crippen LogP contribution >= 0.6 is 0 Å². The lowest BCUT2D eigenvalue weighted by Crippen LogP contribution is -2.43. The van der Waals surface area contributed by atoms with E-state index in [4.69, 9.17) is 0 Å². The van der Waals surface area contributed by atoms with Crippen molar-refractivity contribution >= 4 is 18.0 Å².